The van der Waals surface area contributed by atoms with Crippen molar-refractivity contribution in [1.29, 1.82) is 0 Å². The van der Waals surface area contributed by atoms with Crippen LogP contribution in [0.3, 0.4) is 0 Å². The van der Waals surface area contributed by atoms with E-state index in [-0.39, 0.29) is 62.0 Å². The van der Waals surface area contributed by atoms with Crippen molar-refractivity contribution in [3.8, 4) is 5.75 Å². The smallest absolute Gasteiger partial charge is 0.254 e. The Hall–Kier alpha value is -4.48. The summed E-state index contributed by atoms with van der Waals surface area (Å²) in [4.78, 5) is 58.1. The van der Waals surface area contributed by atoms with E-state index in [0.29, 0.717) is 37.4 Å². The summed E-state index contributed by atoms with van der Waals surface area (Å²) in [6.07, 6.45) is 0.730. The highest BCUT2D eigenvalue weighted by Crippen LogP contribution is 2.23. The van der Waals surface area contributed by atoms with Crippen molar-refractivity contribution >= 4 is 34.4 Å². The van der Waals surface area contributed by atoms with Crippen LogP contribution in [0.5, 0.6) is 5.75 Å². The summed E-state index contributed by atoms with van der Waals surface area (Å²) < 4.78 is 11.9. The first-order valence-corrected chi connectivity index (χ1v) is 15.2. The van der Waals surface area contributed by atoms with E-state index in [1.807, 2.05) is 61.5 Å². The molecule has 1 fully saturated rings. The summed E-state index contributed by atoms with van der Waals surface area (Å²) >= 11 is 0. The first-order valence-electron chi connectivity index (χ1n) is 15.2. The van der Waals surface area contributed by atoms with Gasteiger partial charge in [0.15, 0.2) is 0 Å². The third kappa shape index (κ3) is 7.98. The van der Waals surface area contributed by atoms with E-state index in [9.17, 15) is 19.2 Å². The number of fused-ring (bicyclic) bond motifs is 4. The van der Waals surface area contributed by atoms with Crippen LogP contribution in [0.25, 0.3) is 10.8 Å². The molecule has 2 aliphatic rings. The average molecular weight is 616 g/mol. The summed E-state index contributed by atoms with van der Waals surface area (Å²) in [6.45, 7) is 1.10. The third-order valence-corrected chi connectivity index (χ3v) is 8.30. The van der Waals surface area contributed by atoms with E-state index in [1.54, 1.807) is 36.2 Å². The Morgan fingerprint density at radius 3 is 2.60 bits per heavy atom. The molecule has 11 nitrogen and oxygen atoms in total. The first kappa shape index (κ1) is 31.9. The van der Waals surface area contributed by atoms with Crippen molar-refractivity contribution in [3.05, 3.63) is 77.9 Å². The van der Waals surface area contributed by atoms with Crippen LogP contribution < -0.4 is 15.4 Å². The minimum Gasteiger partial charge on any atom is -0.491 e. The van der Waals surface area contributed by atoms with Gasteiger partial charge in [-0.15, -0.1) is 0 Å². The summed E-state index contributed by atoms with van der Waals surface area (Å²) in [5.41, 5.74) is 1.31. The van der Waals surface area contributed by atoms with Gasteiger partial charge in [0.25, 0.3) is 5.91 Å². The fourth-order valence-electron chi connectivity index (χ4n) is 5.86. The lowest BCUT2D eigenvalue weighted by Crippen LogP contribution is -2.51. The van der Waals surface area contributed by atoms with Crippen LogP contribution in [0.15, 0.2) is 66.7 Å². The van der Waals surface area contributed by atoms with Crippen molar-refractivity contribution in [1.82, 2.24) is 25.3 Å². The molecule has 11 heteroatoms. The number of rotatable bonds is 7. The Morgan fingerprint density at radius 2 is 1.78 bits per heavy atom. The second-order valence-corrected chi connectivity index (χ2v) is 11.9. The van der Waals surface area contributed by atoms with Crippen molar-refractivity contribution in [3.63, 3.8) is 0 Å². The number of amides is 4. The monoisotopic (exact) mass is 615 g/mol. The van der Waals surface area contributed by atoms with Crippen molar-refractivity contribution in [2.24, 2.45) is 0 Å². The van der Waals surface area contributed by atoms with Crippen LogP contribution in [0.2, 0.25) is 0 Å². The molecule has 0 radical (unpaired) electrons. The zero-order valence-electron chi connectivity index (χ0n) is 26.0. The highest BCUT2D eigenvalue weighted by molar-refractivity contribution is 5.98. The lowest BCUT2D eigenvalue weighted by molar-refractivity contribution is -0.140. The normalized spacial score (nSPS) is 20.8. The topological polar surface area (TPSA) is 121 Å². The van der Waals surface area contributed by atoms with Gasteiger partial charge in [-0.1, -0.05) is 48.5 Å². The van der Waals surface area contributed by atoms with Crippen LogP contribution in [-0.2, 0) is 25.5 Å². The molecule has 45 heavy (non-hydrogen) atoms. The molecule has 2 heterocycles. The van der Waals surface area contributed by atoms with Gasteiger partial charge in [0.1, 0.15) is 25.0 Å². The molecule has 0 saturated carbocycles. The molecule has 3 atom stereocenters. The Morgan fingerprint density at radius 1 is 1.00 bits per heavy atom. The number of hydrogen-bond donors (Lipinski definition) is 2. The van der Waals surface area contributed by atoms with Crippen LogP contribution in [0.4, 0.5) is 0 Å². The number of benzene rings is 3. The Bertz CT molecular complexity index is 1540. The lowest BCUT2D eigenvalue weighted by atomic mass is 10.0. The van der Waals surface area contributed by atoms with E-state index in [1.165, 1.54) is 4.90 Å². The molecule has 0 unspecified atom stereocenters. The fourth-order valence-corrected chi connectivity index (χ4v) is 5.86. The second-order valence-electron chi connectivity index (χ2n) is 11.9. The molecular formula is C34H41N5O6. The molecule has 2 bridgehead atoms. The predicted octanol–water partition coefficient (Wildman–Crippen LogP) is 1.70. The van der Waals surface area contributed by atoms with Crippen molar-refractivity contribution in [2.75, 3.05) is 60.6 Å². The predicted molar refractivity (Wildman–Crippen MR) is 170 cm³/mol. The lowest BCUT2D eigenvalue weighted by Gasteiger charge is -2.29. The zero-order chi connectivity index (χ0) is 31.9. The van der Waals surface area contributed by atoms with Gasteiger partial charge < -0.3 is 34.8 Å². The van der Waals surface area contributed by atoms with E-state index < -0.39 is 6.04 Å². The number of hydrogen-bond acceptors (Lipinski definition) is 7. The Kier molecular flexibility index (Phi) is 10.3. The molecule has 238 valence electrons. The van der Waals surface area contributed by atoms with Gasteiger partial charge in [-0.3, -0.25) is 19.2 Å². The molecule has 3 aromatic carbocycles. The number of carbonyl (C=O) groups is 4. The number of carbonyl (C=O) groups excluding carboxylic acids is 4. The van der Waals surface area contributed by atoms with Crippen LogP contribution >= 0.6 is 0 Å². The fraction of sp³-hybridized carbons (Fsp3) is 0.412. The number of nitrogens with one attached hydrogen (secondary N) is 2. The maximum absolute atomic E-state index is 13.4. The van der Waals surface area contributed by atoms with Crippen molar-refractivity contribution < 1.29 is 28.7 Å². The average Bonchev–Trinajstić information content (AvgIpc) is 3.43. The molecule has 1 saturated heterocycles. The summed E-state index contributed by atoms with van der Waals surface area (Å²) in [6, 6.07) is 19.1. The molecule has 2 N–H and O–H groups in total. The standard InChI is InChI=1S/C34H41N5O6/c1-37(2)15-14-35-33(42)30-21-44-22-32(41)39-19-26(36-31(40)17-24-10-6-9-23-8-4-5-13-29(23)24)18-27(39)20-45-28-12-7-11-25(16-28)34(43)38(30)3/h4-13,16,26-27,30H,14-15,17-22H2,1-3H3,(H,35,42)(H,36,40)/t26-,27-,30-/m0/s1. The van der Waals surface area contributed by atoms with Gasteiger partial charge in [0.05, 0.1) is 19.1 Å². The van der Waals surface area contributed by atoms with Gasteiger partial charge in [0.2, 0.25) is 17.7 Å². The number of likely N-dealkylation sites (N-methyl/N-ethyl adjacent to an activating group) is 2. The molecule has 2 aliphatic heterocycles. The first-order chi connectivity index (χ1) is 21.7. The Labute approximate surface area is 263 Å². The minimum atomic E-state index is -0.949. The molecule has 0 aromatic heterocycles. The second kappa shape index (κ2) is 14.5. The maximum Gasteiger partial charge on any atom is 0.254 e. The molecule has 0 spiro atoms. The molecule has 0 aliphatic carbocycles. The summed E-state index contributed by atoms with van der Waals surface area (Å²) in [7, 11) is 5.35. The molecule has 4 amide bonds. The molecule has 3 aromatic rings. The zero-order valence-corrected chi connectivity index (χ0v) is 26.0. The summed E-state index contributed by atoms with van der Waals surface area (Å²) in [5.74, 6) is -0.652. The van der Waals surface area contributed by atoms with Crippen LogP contribution in [0.1, 0.15) is 22.3 Å². The molecule has 5 rings (SSSR count). The number of nitrogens with zero attached hydrogens (tertiary/aromatic N) is 3. The minimum absolute atomic E-state index is 0.121. The van der Waals surface area contributed by atoms with Gasteiger partial charge in [-0.2, -0.15) is 0 Å². The van der Waals surface area contributed by atoms with Crippen LogP contribution in [0, 0.1) is 0 Å². The SMILES string of the molecule is CN(C)CCNC(=O)[C@@H]1COCC(=O)N2C[C@@H](NC(=O)Cc3cccc4ccccc34)C[C@H]2COc2cccc(c2)C(=O)N1C. The highest BCUT2D eigenvalue weighted by Gasteiger charge is 2.37. The van der Waals surface area contributed by atoms with Gasteiger partial charge in [0, 0.05) is 38.3 Å². The highest BCUT2D eigenvalue weighted by atomic mass is 16.5. The third-order valence-electron chi connectivity index (χ3n) is 8.30. The van der Waals surface area contributed by atoms with Crippen molar-refractivity contribution in [2.45, 2.75) is 31.0 Å². The maximum atomic E-state index is 13.4. The number of ether oxygens (including phenoxy) is 2. The molecular weight excluding hydrogens is 574 g/mol. The largest absolute Gasteiger partial charge is 0.491 e. The summed E-state index contributed by atoms with van der Waals surface area (Å²) in [5, 5.41) is 8.09. The van der Waals surface area contributed by atoms with Crippen LogP contribution in [-0.4, -0.2) is 117 Å². The van der Waals surface area contributed by atoms with Gasteiger partial charge in [-0.25, -0.2) is 0 Å². The Balaban J connectivity index is 1.30. The van der Waals surface area contributed by atoms with E-state index in [4.69, 9.17) is 9.47 Å². The van der Waals surface area contributed by atoms with Gasteiger partial charge >= 0.3 is 0 Å². The van der Waals surface area contributed by atoms with Gasteiger partial charge in [-0.05, 0) is 55.1 Å². The van der Waals surface area contributed by atoms with E-state index >= 15 is 0 Å². The van der Waals surface area contributed by atoms with E-state index in [0.717, 1.165) is 16.3 Å². The quantitative estimate of drug-likeness (QED) is 0.415. The van der Waals surface area contributed by atoms with E-state index in [2.05, 4.69) is 10.6 Å².